The van der Waals surface area contributed by atoms with Crippen molar-refractivity contribution in [1.82, 2.24) is 14.8 Å². The number of hydrogen-bond acceptors (Lipinski definition) is 5. The van der Waals surface area contributed by atoms with Gasteiger partial charge in [0.05, 0.1) is 11.4 Å². The number of nitrogens with one attached hydrogen (secondary N) is 1. The average molecular weight is 424 g/mol. The third-order valence-corrected chi connectivity index (χ3v) is 5.87. The minimum absolute atomic E-state index is 0.0673. The number of hydrogen-bond donors (Lipinski definition) is 1. The van der Waals surface area contributed by atoms with Crippen LogP contribution in [-0.2, 0) is 11.2 Å². The highest BCUT2D eigenvalue weighted by Crippen LogP contribution is 2.23. The molecular formula is C23H29N5OS. The van der Waals surface area contributed by atoms with Crippen LogP contribution in [0.2, 0.25) is 0 Å². The molecule has 1 N–H and O–H groups in total. The number of anilines is 2. The Kier molecular flexibility index (Phi) is 7.52. The van der Waals surface area contributed by atoms with Crippen molar-refractivity contribution in [2.24, 2.45) is 0 Å². The van der Waals surface area contributed by atoms with Crippen LogP contribution in [0, 0.1) is 0 Å². The Morgan fingerprint density at radius 3 is 2.53 bits per heavy atom. The van der Waals surface area contributed by atoms with Gasteiger partial charge in [0.2, 0.25) is 5.91 Å². The molecule has 0 fully saturated rings. The standard InChI is InChI=1S/C23H29N5OS/c1-5-18-9-7-8-10-21(18)28-16-24-26-23(28)30-15-22(29)25-19-11-13-20(14-12-19)27(6-2)17(3)4/h7-14,16-17H,5-6,15H2,1-4H3,(H,25,29). The maximum absolute atomic E-state index is 12.5. The highest BCUT2D eigenvalue weighted by atomic mass is 32.2. The first kappa shape index (κ1) is 21.9. The molecular weight excluding hydrogens is 394 g/mol. The summed E-state index contributed by atoms with van der Waals surface area (Å²) in [4.78, 5) is 14.8. The molecule has 1 amide bonds. The predicted molar refractivity (Wildman–Crippen MR) is 125 cm³/mol. The zero-order valence-corrected chi connectivity index (χ0v) is 18.8. The fourth-order valence-electron chi connectivity index (χ4n) is 3.44. The molecule has 0 aliphatic carbocycles. The molecule has 1 aromatic heterocycles. The topological polar surface area (TPSA) is 63.1 Å². The van der Waals surface area contributed by atoms with E-state index in [9.17, 15) is 4.79 Å². The SMILES string of the molecule is CCc1ccccc1-n1cnnc1SCC(=O)Nc1ccc(N(CC)C(C)C)cc1. The normalized spacial score (nSPS) is 11.0. The number of carbonyl (C=O) groups is 1. The number of aryl methyl sites for hydroxylation is 1. The average Bonchev–Trinajstić information content (AvgIpc) is 3.22. The molecule has 3 rings (SSSR count). The smallest absolute Gasteiger partial charge is 0.234 e. The van der Waals surface area contributed by atoms with Crippen LogP contribution in [-0.4, -0.2) is 39.0 Å². The van der Waals surface area contributed by atoms with Crippen LogP contribution < -0.4 is 10.2 Å². The molecule has 1 heterocycles. The molecule has 158 valence electrons. The number of nitrogens with zero attached hydrogens (tertiary/aromatic N) is 4. The Hall–Kier alpha value is -2.80. The summed E-state index contributed by atoms with van der Waals surface area (Å²) in [6.07, 6.45) is 2.61. The quantitative estimate of drug-likeness (QED) is 0.501. The third-order valence-electron chi connectivity index (χ3n) is 4.93. The van der Waals surface area contributed by atoms with E-state index < -0.39 is 0 Å². The van der Waals surface area contributed by atoms with E-state index in [1.54, 1.807) is 6.33 Å². The number of amides is 1. The van der Waals surface area contributed by atoms with Crippen molar-refractivity contribution in [1.29, 1.82) is 0 Å². The van der Waals surface area contributed by atoms with Gasteiger partial charge in [-0.25, -0.2) is 0 Å². The minimum atomic E-state index is -0.0673. The largest absolute Gasteiger partial charge is 0.369 e. The molecule has 0 aliphatic heterocycles. The van der Waals surface area contributed by atoms with Gasteiger partial charge in [-0.1, -0.05) is 36.9 Å². The van der Waals surface area contributed by atoms with Crippen molar-refractivity contribution >= 4 is 29.0 Å². The predicted octanol–water partition coefficient (Wildman–Crippen LogP) is 4.80. The minimum Gasteiger partial charge on any atom is -0.369 e. The molecule has 7 heteroatoms. The molecule has 3 aromatic rings. The summed E-state index contributed by atoms with van der Waals surface area (Å²) in [5.41, 5.74) is 4.21. The van der Waals surface area contributed by atoms with Gasteiger partial charge in [0.25, 0.3) is 0 Å². The fraction of sp³-hybridized carbons (Fsp3) is 0.348. The van der Waals surface area contributed by atoms with Gasteiger partial charge in [0.15, 0.2) is 5.16 Å². The van der Waals surface area contributed by atoms with E-state index in [-0.39, 0.29) is 11.7 Å². The van der Waals surface area contributed by atoms with Crippen LogP contribution in [0.15, 0.2) is 60.0 Å². The summed E-state index contributed by atoms with van der Waals surface area (Å²) in [5.74, 6) is 0.198. The molecule has 0 saturated heterocycles. The van der Waals surface area contributed by atoms with Gasteiger partial charge < -0.3 is 10.2 Å². The van der Waals surface area contributed by atoms with E-state index in [1.165, 1.54) is 17.3 Å². The lowest BCUT2D eigenvalue weighted by Gasteiger charge is -2.27. The molecule has 0 saturated carbocycles. The Balaban J connectivity index is 1.62. The number of thioether (sulfide) groups is 1. The number of para-hydroxylation sites is 1. The van der Waals surface area contributed by atoms with Gasteiger partial charge in [-0.3, -0.25) is 9.36 Å². The van der Waals surface area contributed by atoms with Crippen LogP contribution in [0.1, 0.15) is 33.3 Å². The number of benzene rings is 2. The van der Waals surface area contributed by atoms with Crippen LogP contribution in [0.25, 0.3) is 5.69 Å². The molecule has 0 bridgehead atoms. The van der Waals surface area contributed by atoms with Crippen LogP contribution in [0.5, 0.6) is 0 Å². The van der Waals surface area contributed by atoms with Crippen LogP contribution in [0.3, 0.4) is 0 Å². The number of rotatable bonds is 9. The lowest BCUT2D eigenvalue weighted by atomic mass is 10.1. The first-order valence-electron chi connectivity index (χ1n) is 10.3. The van der Waals surface area contributed by atoms with Crippen molar-refractivity contribution in [2.75, 3.05) is 22.5 Å². The molecule has 0 radical (unpaired) electrons. The first-order valence-corrected chi connectivity index (χ1v) is 11.3. The van der Waals surface area contributed by atoms with Crippen molar-refractivity contribution in [3.8, 4) is 5.69 Å². The maximum Gasteiger partial charge on any atom is 0.234 e. The molecule has 6 nitrogen and oxygen atoms in total. The summed E-state index contributed by atoms with van der Waals surface area (Å²) >= 11 is 1.38. The van der Waals surface area contributed by atoms with Crippen molar-refractivity contribution < 1.29 is 4.79 Å². The fourth-order valence-corrected chi connectivity index (χ4v) is 4.16. The summed E-state index contributed by atoms with van der Waals surface area (Å²) in [6, 6.07) is 16.6. The monoisotopic (exact) mass is 423 g/mol. The lowest BCUT2D eigenvalue weighted by molar-refractivity contribution is -0.113. The second-order valence-corrected chi connectivity index (χ2v) is 8.17. The summed E-state index contributed by atoms with van der Waals surface area (Å²) in [6.45, 7) is 9.56. The lowest BCUT2D eigenvalue weighted by Crippen LogP contribution is -2.30. The third kappa shape index (κ3) is 5.21. The van der Waals surface area contributed by atoms with E-state index >= 15 is 0 Å². The van der Waals surface area contributed by atoms with Crippen molar-refractivity contribution in [3.05, 3.63) is 60.4 Å². The van der Waals surface area contributed by atoms with Crippen molar-refractivity contribution in [2.45, 2.75) is 45.3 Å². The zero-order valence-electron chi connectivity index (χ0n) is 18.0. The summed E-state index contributed by atoms with van der Waals surface area (Å²) in [7, 11) is 0. The van der Waals surface area contributed by atoms with E-state index in [0.29, 0.717) is 11.2 Å². The van der Waals surface area contributed by atoms with Gasteiger partial charge >= 0.3 is 0 Å². The van der Waals surface area contributed by atoms with Crippen LogP contribution in [0.4, 0.5) is 11.4 Å². The van der Waals surface area contributed by atoms with E-state index in [2.05, 4.69) is 54.2 Å². The zero-order chi connectivity index (χ0) is 21.5. The van der Waals surface area contributed by atoms with E-state index in [1.807, 2.05) is 47.0 Å². The Morgan fingerprint density at radius 1 is 1.13 bits per heavy atom. The Bertz CT molecular complexity index is 968. The number of carbonyl (C=O) groups excluding carboxylic acids is 1. The van der Waals surface area contributed by atoms with E-state index in [0.717, 1.165) is 30.0 Å². The molecule has 0 aliphatic rings. The van der Waals surface area contributed by atoms with Gasteiger partial charge in [-0.15, -0.1) is 10.2 Å². The highest BCUT2D eigenvalue weighted by molar-refractivity contribution is 7.99. The van der Waals surface area contributed by atoms with Gasteiger partial charge in [0.1, 0.15) is 6.33 Å². The van der Waals surface area contributed by atoms with Crippen LogP contribution >= 0.6 is 11.8 Å². The molecule has 0 unspecified atom stereocenters. The molecule has 0 atom stereocenters. The van der Waals surface area contributed by atoms with Gasteiger partial charge in [-0.2, -0.15) is 0 Å². The second-order valence-electron chi connectivity index (χ2n) is 7.23. The van der Waals surface area contributed by atoms with Crippen molar-refractivity contribution in [3.63, 3.8) is 0 Å². The summed E-state index contributed by atoms with van der Waals surface area (Å²) < 4.78 is 1.94. The van der Waals surface area contributed by atoms with Gasteiger partial charge in [0, 0.05) is 24.0 Å². The maximum atomic E-state index is 12.5. The highest BCUT2D eigenvalue weighted by Gasteiger charge is 2.13. The Morgan fingerprint density at radius 2 is 1.87 bits per heavy atom. The molecule has 30 heavy (non-hydrogen) atoms. The molecule has 0 spiro atoms. The van der Waals surface area contributed by atoms with Gasteiger partial charge in [-0.05, 0) is 63.1 Å². The van der Waals surface area contributed by atoms with E-state index in [4.69, 9.17) is 0 Å². The number of aromatic nitrogens is 3. The molecule has 2 aromatic carbocycles. The Labute approximate surface area is 182 Å². The summed E-state index contributed by atoms with van der Waals surface area (Å²) in [5, 5.41) is 11.9. The second kappa shape index (κ2) is 10.3. The first-order chi connectivity index (χ1) is 14.5.